The minimum Gasteiger partial charge on any atom is -0.335 e. The topological polar surface area (TPSA) is 77.0 Å². The molecule has 140 valence electrons. The Kier molecular flexibility index (Phi) is 6.03. The number of carbonyl (C=O) groups excluding carboxylic acids is 1. The third-order valence-corrected chi connectivity index (χ3v) is 5.09. The van der Waals surface area contributed by atoms with Crippen LogP contribution in [0.4, 0.5) is 5.69 Å². The van der Waals surface area contributed by atoms with Crippen LogP contribution in [0.2, 0.25) is 5.02 Å². The van der Waals surface area contributed by atoms with E-state index in [2.05, 4.69) is 10.2 Å². The van der Waals surface area contributed by atoms with Crippen LogP contribution in [0.1, 0.15) is 13.8 Å². The number of nitrogens with zero attached hydrogens (tertiary/aromatic N) is 4. The van der Waals surface area contributed by atoms with Crippen molar-refractivity contribution in [2.45, 2.75) is 25.0 Å². The summed E-state index contributed by atoms with van der Waals surface area (Å²) in [5.41, 5.74) is 1.68. The molecule has 6 nitrogen and oxygen atoms in total. The number of hydrogen-bond acceptors (Lipinski definition) is 5. The lowest BCUT2D eigenvalue weighted by Gasteiger charge is -2.26. The first kappa shape index (κ1) is 19.3. The highest BCUT2D eigenvalue weighted by molar-refractivity contribution is 7.99. The third-order valence-electron chi connectivity index (χ3n) is 3.91. The molecule has 1 amide bonds. The zero-order valence-electron chi connectivity index (χ0n) is 15.0. The van der Waals surface area contributed by atoms with Gasteiger partial charge >= 0.3 is 0 Å². The van der Waals surface area contributed by atoms with Gasteiger partial charge in [0.2, 0.25) is 11.1 Å². The molecule has 0 unspecified atom stereocenters. The summed E-state index contributed by atoms with van der Waals surface area (Å²) < 4.78 is 1.39. The van der Waals surface area contributed by atoms with E-state index >= 15 is 0 Å². The van der Waals surface area contributed by atoms with Gasteiger partial charge < -0.3 is 10.7 Å². The highest BCUT2D eigenvalue weighted by Gasteiger charge is 2.21. The summed E-state index contributed by atoms with van der Waals surface area (Å²) in [5.74, 6) is 6.83. The van der Waals surface area contributed by atoms with Crippen molar-refractivity contribution in [3.8, 4) is 11.4 Å². The molecule has 1 aromatic heterocycles. The van der Waals surface area contributed by atoms with E-state index in [9.17, 15) is 4.79 Å². The van der Waals surface area contributed by atoms with Gasteiger partial charge in [-0.2, -0.15) is 0 Å². The smallest absolute Gasteiger partial charge is 0.237 e. The van der Waals surface area contributed by atoms with Crippen LogP contribution in [-0.2, 0) is 4.79 Å². The molecule has 0 aliphatic rings. The van der Waals surface area contributed by atoms with E-state index in [0.717, 1.165) is 11.3 Å². The van der Waals surface area contributed by atoms with E-state index in [-0.39, 0.29) is 17.7 Å². The van der Waals surface area contributed by atoms with Gasteiger partial charge in [-0.15, -0.1) is 10.2 Å². The van der Waals surface area contributed by atoms with Gasteiger partial charge in [-0.1, -0.05) is 41.6 Å². The molecule has 2 N–H and O–H groups in total. The first-order chi connectivity index (χ1) is 13.0. The Morgan fingerprint density at radius 2 is 1.81 bits per heavy atom. The Morgan fingerprint density at radius 3 is 2.44 bits per heavy atom. The summed E-state index contributed by atoms with van der Waals surface area (Å²) in [6.45, 7) is 3.97. The minimum atomic E-state index is -0.0164. The molecule has 0 aliphatic heterocycles. The summed E-state index contributed by atoms with van der Waals surface area (Å²) in [4.78, 5) is 14.5. The fraction of sp³-hybridized carbons (Fsp3) is 0.211. The fourth-order valence-corrected chi connectivity index (χ4v) is 3.53. The lowest BCUT2D eigenvalue weighted by Crippen LogP contribution is -2.38. The van der Waals surface area contributed by atoms with Gasteiger partial charge in [0.1, 0.15) is 0 Å². The Hall–Kier alpha value is -2.51. The lowest BCUT2D eigenvalue weighted by molar-refractivity contribution is -0.116. The summed E-state index contributed by atoms with van der Waals surface area (Å²) in [6.07, 6.45) is 0. The molecule has 8 heteroatoms. The molecule has 0 aliphatic carbocycles. The van der Waals surface area contributed by atoms with E-state index in [1.165, 1.54) is 16.4 Å². The van der Waals surface area contributed by atoms with Crippen LogP contribution < -0.4 is 10.7 Å². The molecule has 27 heavy (non-hydrogen) atoms. The molecule has 3 aromatic rings. The predicted octanol–water partition coefficient (Wildman–Crippen LogP) is 3.85. The van der Waals surface area contributed by atoms with Crippen molar-refractivity contribution in [2.75, 3.05) is 16.5 Å². The van der Waals surface area contributed by atoms with Crippen LogP contribution >= 0.6 is 23.4 Å². The second kappa shape index (κ2) is 8.45. The zero-order chi connectivity index (χ0) is 19.4. The lowest BCUT2D eigenvalue weighted by atomic mass is 10.2. The summed E-state index contributed by atoms with van der Waals surface area (Å²) in [7, 11) is 0. The van der Waals surface area contributed by atoms with Crippen molar-refractivity contribution in [1.82, 2.24) is 14.9 Å². The van der Waals surface area contributed by atoms with Crippen LogP contribution in [0.5, 0.6) is 0 Å². The van der Waals surface area contributed by atoms with Crippen LogP contribution in [-0.4, -0.2) is 32.6 Å². The maximum Gasteiger partial charge on any atom is 0.237 e. The number of nitrogens with two attached hydrogens (primary N) is 1. The average Bonchev–Trinajstić information content (AvgIpc) is 3.02. The Labute approximate surface area is 167 Å². The van der Waals surface area contributed by atoms with Gasteiger partial charge in [0, 0.05) is 22.3 Å². The number of carbonyl (C=O) groups is 1. The molecule has 3 rings (SSSR count). The fourth-order valence-electron chi connectivity index (χ4n) is 2.69. The second-order valence-electron chi connectivity index (χ2n) is 6.16. The molecule has 0 atom stereocenters. The Balaban J connectivity index is 1.73. The van der Waals surface area contributed by atoms with E-state index in [1.807, 2.05) is 56.3 Å². The number of nitrogen functional groups attached to an aromatic ring is 1. The number of aromatic nitrogens is 3. The number of benzene rings is 2. The molecule has 1 heterocycles. The van der Waals surface area contributed by atoms with Crippen LogP contribution in [0.25, 0.3) is 11.4 Å². The number of thioether (sulfide) groups is 1. The van der Waals surface area contributed by atoms with Gasteiger partial charge in [0.15, 0.2) is 5.82 Å². The van der Waals surface area contributed by atoms with Crippen molar-refractivity contribution >= 4 is 35.0 Å². The molecule has 2 aromatic carbocycles. The monoisotopic (exact) mass is 401 g/mol. The molecule has 0 spiro atoms. The van der Waals surface area contributed by atoms with Gasteiger partial charge in [0.25, 0.3) is 0 Å². The summed E-state index contributed by atoms with van der Waals surface area (Å²) >= 11 is 7.18. The van der Waals surface area contributed by atoms with Crippen molar-refractivity contribution < 1.29 is 4.79 Å². The van der Waals surface area contributed by atoms with Crippen LogP contribution in [0.15, 0.2) is 59.8 Å². The number of para-hydroxylation sites is 1. The van der Waals surface area contributed by atoms with Gasteiger partial charge in [0.05, 0.1) is 5.75 Å². The first-order valence-electron chi connectivity index (χ1n) is 8.43. The first-order valence-corrected chi connectivity index (χ1v) is 9.80. The van der Waals surface area contributed by atoms with Crippen LogP contribution in [0, 0.1) is 0 Å². The van der Waals surface area contributed by atoms with E-state index in [0.29, 0.717) is 16.0 Å². The number of amides is 1. The van der Waals surface area contributed by atoms with Crippen molar-refractivity contribution in [3.05, 3.63) is 59.6 Å². The third kappa shape index (κ3) is 4.43. The highest BCUT2D eigenvalue weighted by atomic mass is 35.5. The number of halogens is 1. The van der Waals surface area contributed by atoms with Gasteiger partial charge in [-0.25, -0.2) is 4.68 Å². The van der Waals surface area contributed by atoms with Crippen LogP contribution in [0.3, 0.4) is 0 Å². The molecule has 0 saturated carbocycles. The molecule has 0 radical (unpaired) electrons. The molecular weight excluding hydrogens is 382 g/mol. The van der Waals surface area contributed by atoms with E-state index < -0.39 is 0 Å². The maximum atomic E-state index is 12.8. The minimum absolute atomic E-state index is 0.0164. The SMILES string of the molecule is CC(C)N(C(=O)CSc1nnc(-c2ccc(Cl)cc2)n1N)c1ccccc1. The van der Waals surface area contributed by atoms with Crippen molar-refractivity contribution in [2.24, 2.45) is 0 Å². The van der Waals surface area contributed by atoms with E-state index in [1.54, 1.807) is 17.0 Å². The van der Waals surface area contributed by atoms with Crippen molar-refractivity contribution in [1.29, 1.82) is 0 Å². The average molecular weight is 402 g/mol. The summed E-state index contributed by atoms with van der Waals surface area (Å²) in [5, 5.41) is 9.35. The highest BCUT2D eigenvalue weighted by Crippen LogP contribution is 2.24. The molecular formula is C19H20ClN5OS. The van der Waals surface area contributed by atoms with Gasteiger partial charge in [-0.05, 0) is 50.2 Å². The second-order valence-corrected chi connectivity index (χ2v) is 7.54. The summed E-state index contributed by atoms with van der Waals surface area (Å²) in [6, 6.07) is 16.8. The standard InChI is InChI=1S/C19H20ClN5OS/c1-13(2)24(16-6-4-3-5-7-16)17(26)12-27-19-23-22-18(25(19)21)14-8-10-15(20)11-9-14/h3-11,13H,12,21H2,1-2H3. The number of anilines is 1. The number of hydrogen-bond donors (Lipinski definition) is 1. The molecule has 0 fully saturated rings. The molecule has 0 bridgehead atoms. The number of rotatable bonds is 6. The Bertz CT molecular complexity index is 912. The normalized spacial score (nSPS) is 11.0. The van der Waals surface area contributed by atoms with Crippen molar-refractivity contribution in [3.63, 3.8) is 0 Å². The van der Waals surface area contributed by atoms with E-state index in [4.69, 9.17) is 17.4 Å². The molecule has 0 saturated heterocycles. The maximum absolute atomic E-state index is 12.8. The largest absolute Gasteiger partial charge is 0.335 e. The predicted molar refractivity (Wildman–Crippen MR) is 110 cm³/mol. The Morgan fingerprint density at radius 1 is 1.15 bits per heavy atom. The van der Waals surface area contributed by atoms with Gasteiger partial charge in [-0.3, -0.25) is 4.79 Å². The zero-order valence-corrected chi connectivity index (χ0v) is 16.6. The quantitative estimate of drug-likeness (QED) is 0.501.